The number of hydrogen-bond acceptors (Lipinski definition) is 3. The van der Waals surface area contributed by atoms with E-state index in [0.717, 1.165) is 19.3 Å². The van der Waals surface area contributed by atoms with Crippen LogP contribution in [0.25, 0.3) is 0 Å². The van der Waals surface area contributed by atoms with E-state index >= 15 is 0 Å². The lowest BCUT2D eigenvalue weighted by Crippen LogP contribution is -2.38. The smallest absolute Gasteiger partial charge is 0.220 e. The topological polar surface area (TPSA) is 64.3 Å². The summed E-state index contributed by atoms with van der Waals surface area (Å²) in [6.45, 7) is 9.95. The van der Waals surface area contributed by atoms with Crippen LogP contribution in [0.3, 0.4) is 0 Å². The molecule has 114 valence electrons. The number of rotatable bonds is 9. The van der Waals surface area contributed by atoms with Crippen LogP contribution in [0.5, 0.6) is 0 Å². The number of carbonyl (C=O) groups excluding carboxylic acids is 1. The van der Waals surface area contributed by atoms with Crippen molar-refractivity contribution in [2.45, 2.75) is 59.4 Å². The molecule has 0 rings (SSSR count). The minimum absolute atomic E-state index is 0.121. The van der Waals surface area contributed by atoms with Crippen molar-refractivity contribution < 1.29 is 9.53 Å². The van der Waals surface area contributed by atoms with E-state index in [1.807, 2.05) is 0 Å². The maximum atomic E-state index is 11.9. The summed E-state index contributed by atoms with van der Waals surface area (Å²) in [6, 6.07) is 0.125. The maximum absolute atomic E-state index is 11.9. The van der Waals surface area contributed by atoms with Crippen LogP contribution in [-0.4, -0.2) is 32.2 Å². The Balaban J connectivity index is 4.17. The predicted octanol–water partition coefficient (Wildman–Crippen LogP) is 2.32. The Labute approximate surface area is 118 Å². The molecule has 0 spiro atoms. The second-order valence-electron chi connectivity index (χ2n) is 6.31. The van der Waals surface area contributed by atoms with Crippen molar-refractivity contribution in [1.82, 2.24) is 5.32 Å². The van der Waals surface area contributed by atoms with E-state index in [2.05, 4.69) is 33.0 Å². The monoisotopic (exact) mass is 272 g/mol. The molecule has 1 amide bonds. The van der Waals surface area contributed by atoms with Crippen LogP contribution in [0.15, 0.2) is 0 Å². The van der Waals surface area contributed by atoms with Crippen molar-refractivity contribution in [2.75, 3.05) is 20.3 Å². The van der Waals surface area contributed by atoms with Crippen molar-refractivity contribution in [3.63, 3.8) is 0 Å². The minimum Gasteiger partial charge on any atom is -0.383 e. The van der Waals surface area contributed by atoms with Gasteiger partial charge in [0.1, 0.15) is 0 Å². The highest BCUT2D eigenvalue weighted by molar-refractivity contribution is 5.76. The molecule has 2 unspecified atom stereocenters. The summed E-state index contributed by atoms with van der Waals surface area (Å²) < 4.78 is 5.08. The fourth-order valence-electron chi connectivity index (χ4n) is 2.28. The van der Waals surface area contributed by atoms with Gasteiger partial charge in [0.05, 0.1) is 12.6 Å². The molecular weight excluding hydrogens is 240 g/mol. The molecule has 0 bridgehead atoms. The van der Waals surface area contributed by atoms with Crippen LogP contribution in [0.2, 0.25) is 0 Å². The molecule has 2 atom stereocenters. The van der Waals surface area contributed by atoms with E-state index in [9.17, 15) is 4.79 Å². The lowest BCUT2D eigenvalue weighted by molar-refractivity contribution is -0.122. The fourth-order valence-corrected chi connectivity index (χ4v) is 2.28. The summed E-state index contributed by atoms with van der Waals surface area (Å²) in [5.41, 5.74) is 5.86. The van der Waals surface area contributed by atoms with Crippen molar-refractivity contribution in [2.24, 2.45) is 17.1 Å². The van der Waals surface area contributed by atoms with Crippen molar-refractivity contribution in [3.05, 3.63) is 0 Å². The summed E-state index contributed by atoms with van der Waals surface area (Å²) in [5, 5.41) is 3.02. The van der Waals surface area contributed by atoms with Crippen molar-refractivity contribution >= 4 is 5.91 Å². The molecule has 3 N–H and O–H groups in total. The van der Waals surface area contributed by atoms with Gasteiger partial charge in [-0.2, -0.15) is 0 Å². The van der Waals surface area contributed by atoms with E-state index in [1.54, 1.807) is 7.11 Å². The van der Waals surface area contributed by atoms with Crippen molar-refractivity contribution in [3.8, 4) is 0 Å². The van der Waals surface area contributed by atoms with Gasteiger partial charge in [-0.05, 0) is 37.1 Å². The first-order chi connectivity index (χ1) is 8.85. The Morgan fingerprint density at radius 3 is 2.37 bits per heavy atom. The number of amides is 1. The Hall–Kier alpha value is -0.610. The molecule has 4 heteroatoms. The highest BCUT2D eigenvalue weighted by Crippen LogP contribution is 2.31. The molecule has 0 aliphatic rings. The van der Waals surface area contributed by atoms with E-state index in [4.69, 9.17) is 10.5 Å². The number of carbonyl (C=O) groups is 1. The van der Waals surface area contributed by atoms with Gasteiger partial charge >= 0.3 is 0 Å². The third kappa shape index (κ3) is 8.22. The molecule has 0 aliphatic carbocycles. The Bertz CT molecular complexity index is 249. The Morgan fingerprint density at radius 1 is 1.32 bits per heavy atom. The zero-order chi connectivity index (χ0) is 14.9. The molecule has 4 nitrogen and oxygen atoms in total. The molecule has 0 heterocycles. The highest BCUT2D eigenvalue weighted by Gasteiger charge is 2.24. The fraction of sp³-hybridized carbons (Fsp3) is 0.933. The summed E-state index contributed by atoms with van der Waals surface area (Å²) >= 11 is 0. The highest BCUT2D eigenvalue weighted by atomic mass is 16.5. The third-order valence-corrected chi connectivity index (χ3v) is 3.69. The van der Waals surface area contributed by atoms with Crippen LogP contribution >= 0.6 is 0 Å². The van der Waals surface area contributed by atoms with Gasteiger partial charge in [-0.1, -0.05) is 27.7 Å². The Kier molecular flexibility index (Phi) is 9.02. The standard InChI is InChI=1S/C15H32N2O2/c1-6-13(11-19-5)17-14(18)8-7-12(9-10-16)15(2,3)4/h12-13H,6-11,16H2,1-5H3,(H,17,18). The molecule has 0 aromatic heterocycles. The number of nitrogens with one attached hydrogen (secondary N) is 1. The zero-order valence-corrected chi connectivity index (χ0v) is 13.3. The lowest BCUT2D eigenvalue weighted by Gasteiger charge is -2.30. The minimum atomic E-state index is 0.121. The second-order valence-corrected chi connectivity index (χ2v) is 6.31. The average molecular weight is 272 g/mol. The molecule has 0 aromatic rings. The average Bonchev–Trinajstić information content (AvgIpc) is 2.32. The first-order valence-electron chi connectivity index (χ1n) is 7.33. The number of ether oxygens (including phenoxy) is 1. The third-order valence-electron chi connectivity index (χ3n) is 3.69. The summed E-state index contributed by atoms with van der Waals surface area (Å²) in [7, 11) is 1.66. The molecule has 19 heavy (non-hydrogen) atoms. The zero-order valence-electron chi connectivity index (χ0n) is 13.3. The van der Waals surface area contributed by atoms with Gasteiger partial charge in [0.15, 0.2) is 0 Å². The SMILES string of the molecule is CCC(COC)NC(=O)CCC(CCN)C(C)(C)C. The van der Waals surface area contributed by atoms with Crippen LogP contribution in [0.1, 0.15) is 53.4 Å². The molecular formula is C15H32N2O2. The number of nitrogens with two attached hydrogens (primary N) is 1. The van der Waals surface area contributed by atoms with E-state index in [1.165, 1.54) is 0 Å². The van der Waals surface area contributed by atoms with E-state index < -0.39 is 0 Å². The lowest BCUT2D eigenvalue weighted by atomic mass is 9.76. The predicted molar refractivity (Wildman–Crippen MR) is 79.9 cm³/mol. The van der Waals surface area contributed by atoms with Crippen LogP contribution in [0, 0.1) is 11.3 Å². The number of methoxy groups -OCH3 is 1. The van der Waals surface area contributed by atoms with Crippen molar-refractivity contribution in [1.29, 1.82) is 0 Å². The van der Waals surface area contributed by atoms with Crippen LogP contribution < -0.4 is 11.1 Å². The second kappa shape index (κ2) is 9.32. The summed E-state index contributed by atoms with van der Waals surface area (Å²) in [4.78, 5) is 11.9. The van der Waals surface area contributed by atoms with Gasteiger partial charge < -0.3 is 15.8 Å². The molecule has 0 radical (unpaired) electrons. The van der Waals surface area contributed by atoms with Crippen LogP contribution in [-0.2, 0) is 9.53 Å². The quantitative estimate of drug-likeness (QED) is 0.677. The van der Waals surface area contributed by atoms with Gasteiger partial charge in [0, 0.05) is 13.5 Å². The largest absolute Gasteiger partial charge is 0.383 e. The molecule has 0 saturated carbocycles. The number of hydrogen-bond donors (Lipinski definition) is 2. The first kappa shape index (κ1) is 18.4. The molecule has 0 fully saturated rings. The molecule has 0 aliphatic heterocycles. The van der Waals surface area contributed by atoms with Gasteiger partial charge in [-0.3, -0.25) is 4.79 Å². The first-order valence-corrected chi connectivity index (χ1v) is 7.33. The summed E-state index contributed by atoms with van der Waals surface area (Å²) in [5.74, 6) is 0.612. The molecule has 0 saturated heterocycles. The normalized spacial score (nSPS) is 15.1. The van der Waals surface area contributed by atoms with Gasteiger partial charge in [0.25, 0.3) is 0 Å². The van der Waals surface area contributed by atoms with E-state index in [0.29, 0.717) is 25.5 Å². The van der Waals surface area contributed by atoms with Gasteiger partial charge in [0.2, 0.25) is 5.91 Å². The van der Waals surface area contributed by atoms with Gasteiger partial charge in [-0.25, -0.2) is 0 Å². The summed E-state index contributed by atoms with van der Waals surface area (Å²) in [6.07, 6.45) is 3.34. The maximum Gasteiger partial charge on any atom is 0.220 e. The molecule has 0 aromatic carbocycles. The van der Waals surface area contributed by atoms with Gasteiger partial charge in [-0.15, -0.1) is 0 Å². The van der Waals surface area contributed by atoms with E-state index in [-0.39, 0.29) is 17.4 Å². The van der Waals surface area contributed by atoms with Crippen LogP contribution in [0.4, 0.5) is 0 Å². The Morgan fingerprint density at radius 2 is 1.95 bits per heavy atom.